The van der Waals surface area contributed by atoms with E-state index in [-0.39, 0.29) is 16.8 Å². The molecule has 0 saturated carbocycles. The van der Waals surface area contributed by atoms with E-state index < -0.39 is 10.0 Å². The van der Waals surface area contributed by atoms with Crippen LogP contribution in [0, 0.1) is 0 Å². The van der Waals surface area contributed by atoms with Gasteiger partial charge in [-0.2, -0.15) is 4.31 Å². The summed E-state index contributed by atoms with van der Waals surface area (Å²) in [6, 6.07) is 24.4. The minimum absolute atomic E-state index is 0.0404. The van der Waals surface area contributed by atoms with Gasteiger partial charge in [0.15, 0.2) is 0 Å². The van der Waals surface area contributed by atoms with E-state index in [2.05, 4.69) is 5.32 Å². The lowest BCUT2D eigenvalue weighted by atomic mass is 10.0. The fourth-order valence-electron chi connectivity index (χ4n) is 5.26. The first-order valence-corrected chi connectivity index (χ1v) is 15.8. The van der Waals surface area contributed by atoms with Crippen molar-refractivity contribution in [2.45, 2.75) is 36.7 Å². The fraction of sp³-hybridized carbons (Fsp3) is 0.323. The second kappa shape index (κ2) is 12.5. The smallest absolute Gasteiger partial charge is 0.264 e. The molecule has 1 amide bonds. The van der Waals surface area contributed by atoms with Crippen LogP contribution in [0.1, 0.15) is 33.6 Å². The Hall–Kier alpha value is -3.24. The maximum Gasteiger partial charge on any atom is 0.264 e. The number of hydrogen-bond donors (Lipinski definition) is 1. The molecule has 1 saturated heterocycles. The zero-order valence-corrected chi connectivity index (χ0v) is 24.5. The summed E-state index contributed by atoms with van der Waals surface area (Å²) in [6.07, 6.45) is 2.03. The molecule has 1 aromatic heterocycles. The molecule has 9 heteroatoms. The molecular formula is C31H35N3O4S2. The third-order valence-corrected chi connectivity index (χ3v) is 10.5. The van der Waals surface area contributed by atoms with Crippen molar-refractivity contribution < 1.29 is 17.9 Å². The van der Waals surface area contributed by atoms with Gasteiger partial charge in [-0.25, -0.2) is 8.42 Å². The third-order valence-electron chi connectivity index (χ3n) is 7.32. The molecule has 1 aliphatic rings. The van der Waals surface area contributed by atoms with Crippen molar-refractivity contribution in [3.8, 4) is 5.75 Å². The van der Waals surface area contributed by atoms with E-state index in [9.17, 15) is 13.2 Å². The molecule has 40 heavy (non-hydrogen) atoms. The average Bonchev–Trinajstić information content (AvgIpc) is 3.59. The largest absolute Gasteiger partial charge is 0.492 e. The summed E-state index contributed by atoms with van der Waals surface area (Å²) in [5.41, 5.74) is 2.00. The minimum atomic E-state index is -3.70. The van der Waals surface area contributed by atoms with Gasteiger partial charge in [-0.15, -0.1) is 11.3 Å². The van der Waals surface area contributed by atoms with E-state index in [0.717, 1.165) is 34.1 Å². The zero-order valence-electron chi connectivity index (χ0n) is 22.9. The maximum absolute atomic E-state index is 13.7. The van der Waals surface area contributed by atoms with Gasteiger partial charge in [0, 0.05) is 37.4 Å². The Kier molecular flexibility index (Phi) is 8.85. The average molecular weight is 578 g/mol. The monoisotopic (exact) mass is 577 g/mol. The predicted molar refractivity (Wildman–Crippen MR) is 161 cm³/mol. The molecular weight excluding hydrogens is 542 g/mol. The minimum Gasteiger partial charge on any atom is -0.492 e. The van der Waals surface area contributed by atoms with Crippen molar-refractivity contribution in [3.63, 3.8) is 0 Å². The number of nitrogens with zero attached hydrogens (tertiary/aromatic N) is 2. The van der Waals surface area contributed by atoms with Gasteiger partial charge < -0.3 is 15.0 Å². The SMILES string of the molecule is CNCCOc1ccc(S(=O)(=O)N2CCCC2Cc2c(C(=O)N(C)Cc3ccccc3)sc3ccccc23)cc1. The van der Waals surface area contributed by atoms with Crippen LogP contribution in [0.3, 0.4) is 0 Å². The lowest BCUT2D eigenvalue weighted by Gasteiger charge is -2.25. The van der Waals surface area contributed by atoms with Crippen LogP contribution in [0.15, 0.2) is 83.8 Å². The fourth-order valence-corrected chi connectivity index (χ4v) is 8.18. The van der Waals surface area contributed by atoms with Crippen LogP contribution in [0.25, 0.3) is 10.1 Å². The Labute approximate surface area is 240 Å². The lowest BCUT2D eigenvalue weighted by Crippen LogP contribution is -2.37. The highest BCUT2D eigenvalue weighted by molar-refractivity contribution is 7.89. The Morgan fingerprint density at radius 3 is 2.52 bits per heavy atom. The van der Waals surface area contributed by atoms with E-state index >= 15 is 0 Å². The van der Waals surface area contributed by atoms with Gasteiger partial charge in [0.05, 0.1) is 9.77 Å². The number of rotatable bonds is 11. The van der Waals surface area contributed by atoms with E-state index in [1.165, 1.54) is 11.3 Å². The summed E-state index contributed by atoms with van der Waals surface area (Å²) in [5.74, 6) is 0.598. The molecule has 2 heterocycles. The third kappa shape index (κ3) is 6.07. The highest BCUT2D eigenvalue weighted by Gasteiger charge is 2.37. The standard InChI is InChI=1S/C31H35N3O4S2/c1-32-18-20-38-25-14-16-26(17-15-25)40(36,37)34-19-8-11-24(34)21-28-27-12-6-7-13-29(27)39-30(28)31(35)33(2)22-23-9-4-3-5-10-23/h3-7,9-10,12-17,24,32H,8,11,18-22H2,1-2H3. The van der Waals surface area contributed by atoms with Crippen molar-refractivity contribution >= 4 is 37.4 Å². The normalized spacial score (nSPS) is 15.9. The number of sulfonamides is 1. The molecule has 0 spiro atoms. The number of carbonyl (C=O) groups excluding carboxylic acids is 1. The summed E-state index contributed by atoms with van der Waals surface area (Å²) >= 11 is 1.49. The van der Waals surface area contributed by atoms with Crippen LogP contribution in [0.4, 0.5) is 0 Å². The zero-order chi connectivity index (χ0) is 28.1. The van der Waals surface area contributed by atoms with Crippen LogP contribution in [-0.4, -0.2) is 63.4 Å². The number of thiophene rings is 1. The molecule has 0 bridgehead atoms. The number of hydrogen-bond acceptors (Lipinski definition) is 6. The van der Waals surface area contributed by atoms with Crippen molar-refractivity contribution in [2.24, 2.45) is 0 Å². The molecule has 3 aromatic carbocycles. The molecule has 4 aromatic rings. The van der Waals surface area contributed by atoms with Gasteiger partial charge in [0.1, 0.15) is 12.4 Å². The molecule has 1 atom stereocenters. The van der Waals surface area contributed by atoms with Crippen LogP contribution in [0.2, 0.25) is 0 Å². The number of fused-ring (bicyclic) bond motifs is 1. The number of likely N-dealkylation sites (N-methyl/N-ethyl adjacent to an activating group) is 1. The molecule has 5 rings (SSSR count). The van der Waals surface area contributed by atoms with Gasteiger partial charge in [0.2, 0.25) is 10.0 Å². The van der Waals surface area contributed by atoms with Gasteiger partial charge in [-0.3, -0.25) is 4.79 Å². The highest BCUT2D eigenvalue weighted by Crippen LogP contribution is 2.37. The van der Waals surface area contributed by atoms with Crippen molar-refractivity contribution in [2.75, 3.05) is 33.8 Å². The van der Waals surface area contributed by atoms with Crippen molar-refractivity contribution in [1.82, 2.24) is 14.5 Å². The summed E-state index contributed by atoms with van der Waals surface area (Å²) in [5, 5.41) is 4.05. The Morgan fingerprint density at radius 1 is 1.05 bits per heavy atom. The van der Waals surface area contributed by atoms with Gasteiger partial charge >= 0.3 is 0 Å². The number of carbonyl (C=O) groups is 1. The second-order valence-electron chi connectivity index (χ2n) is 10.1. The summed E-state index contributed by atoms with van der Waals surface area (Å²) < 4.78 is 35.8. The van der Waals surface area contributed by atoms with Crippen molar-refractivity contribution in [3.05, 3.63) is 94.9 Å². The summed E-state index contributed by atoms with van der Waals surface area (Å²) in [6.45, 7) is 2.19. The lowest BCUT2D eigenvalue weighted by molar-refractivity contribution is 0.0789. The first-order valence-electron chi connectivity index (χ1n) is 13.6. The molecule has 1 unspecified atom stereocenters. The number of ether oxygens (including phenoxy) is 1. The second-order valence-corrected chi connectivity index (χ2v) is 13.0. The van der Waals surface area contributed by atoms with Crippen molar-refractivity contribution in [1.29, 1.82) is 0 Å². The Bertz CT molecular complexity index is 1550. The van der Waals surface area contributed by atoms with Gasteiger partial charge in [-0.1, -0.05) is 48.5 Å². The van der Waals surface area contributed by atoms with E-state index in [1.54, 1.807) is 33.5 Å². The number of benzene rings is 3. The predicted octanol–water partition coefficient (Wildman–Crippen LogP) is 5.17. The van der Waals surface area contributed by atoms with Crippen LogP contribution in [-0.2, 0) is 23.0 Å². The van der Waals surface area contributed by atoms with E-state index in [0.29, 0.717) is 43.3 Å². The molecule has 210 valence electrons. The Morgan fingerprint density at radius 2 is 1.77 bits per heavy atom. The molecule has 0 radical (unpaired) electrons. The van der Waals surface area contributed by atoms with Crippen LogP contribution < -0.4 is 10.1 Å². The van der Waals surface area contributed by atoms with Gasteiger partial charge in [-0.05, 0) is 73.2 Å². The molecule has 7 nitrogen and oxygen atoms in total. The van der Waals surface area contributed by atoms with Crippen LogP contribution in [0.5, 0.6) is 5.75 Å². The molecule has 1 fully saturated rings. The summed E-state index contributed by atoms with van der Waals surface area (Å²) in [7, 11) is -0.0280. The van der Waals surface area contributed by atoms with Gasteiger partial charge in [0.25, 0.3) is 5.91 Å². The maximum atomic E-state index is 13.7. The molecule has 0 aliphatic carbocycles. The number of amides is 1. The van der Waals surface area contributed by atoms with E-state index in [4.69, 9.17) is 4.74 Å². The first kappa shape index (κ1) is 28.3. The molecule has 1 N–H and O–H groups in total. The first-order chi connectivity index (χ1) is 19.4. The highest BCUT2D eigenvalue weighted by atomic mass is 32.2. The van der Waals surface area contributed by atoms with E-state index in [1.807, 2.05) is 68.7 Å². The molecule has 1 aliphatic heterocycles. The van der Waals surface area contributed by atoms with Crippen LogP contribution >= 0.6 is 11.3 Å². The number of nitrogens with one attached hydrogen (secondary N) is 1. The quantitative estimate of drug-likeness (QED) is 0.249. The topological polar surface area (TPSA) is 79.0 Å². The summed E-state index contributed by atoms with van der Waals surface area (Å²) in [4.78, 5) is 16.4. The Balaban J connectivity index is 1.39.